The number of carboxylic acids is 1. The lowest BCUT2D eigenvalue weighted by Gasteiger charge is -2.26. The van der Waals surface area contributed by atoms with Crippen molar-refractivity contribution in [2.75, 3.05) is 0 Å². The van der Waals surface area contributed by atoms with Gasteiger partial charge in [0, 0.05) is 0 Å². The monoisotopic (exact) mass is 212 g/mol. The first-order valence-corrected chi connectivity index (χ1v) is 5.48. The molecule has 2 unspecified atom stereocenters. The third-order valence-corrected chi connectivity index (χ3v) is 3.76. The second-order valence-corrected chi connectivity index (χ2v) is 4.65. The number of aliphatic hydroxyl groups is 1. The molecule has 4 heteroatoms. The zero-order chi connectivity index (χ0) is 10.3. The van der Waals surface area contributed by atoms with E-state index in [1.807, 2.05) is 17.7 Å². The number of fused-ring (bicyclic) bond motifs is 1. The molecule has 1 aliphatic carbocycles. The fourth-order valence-electron chi connectivity index (χ4n) is 2.13. The molecule has 0 radical (unpaired) electrons. The molecule has 0 aliphatic heterocycles. The Morgan fingerprint density at radius 3 is 3.07 bits per heavy atom. The minimum Gasteiger partial charge on any atom is -0.481 e. The molecular formula is C10H12O3S. The van der Waals surface area contributed by atoms with Crippen LogP contribution in [0.1, 0.15) is 24.5 Å². The number of rotatable bonds is 2. The quantitative estimate of drug-likeness (QED) is 0.783. The largest absolute Gasteiger partial charge is 0.481 e. The normalized spacial score (nSPS) is 30.3. The fourth-order valence-corrected chi connectivity index (χ4v) is 3.07. The molecule has 14 heavy (non-hydrogen) atoms. The van der Waals surface area contributed by atoms with Gasteiger partial charge in [0.05, 0.1) is 6.42 Å². The number of aliphatic carboxylic acids is 1. The van der Waals surface area contributed by atoms with Crippen molar-refractivity contribution in [3.05, 3.63) is 21.9 Å². The molecule has 0 spiro atoms. The smallest absolute Gasteiger partial charge is 0.306 e. The SMILES string of the molecule is CC1Cc2cscc2C1(O)CC(=O)O. The molecule has 0 amide bonds. The molecule has 1 aliphatic rings. The van der Waals surface area contributed by atoms with Crippen molar-refractivity contribution < 1.29 is 15.0 Å². The Morgan fingerprint density at radius 1 is 1.71 bits per heavy atom. The lowest BCUT2D eigenvalue weighted by Crippen LogP contribution is -2.32. The Bertz CT molecular complexity index is 371. The van der Waals surface area contributed by atoms with E-state index in [0.717, 1.165) is 17.5 Å². The van der Waals surface area contributed by atoms with Gasteiger partial charge in [0.2, 0.25) is 0 Å². The molecule has 2 atom stereocenters. The molecule has 1 heterocycles. The molecule has 0 bridgehead atoms. The van der Waals surface area contributed by atoms with Crippen LogP contribution < -0.4 is 0 Å². The lowest BCUT2D eigenvalue weighted by molar-refractivity contribution is -0.144. The van der Waals surface area contributed by atoms with Crippen molar-refractivity contribution in [1.29, 1.82) is 0 Å². The second kappa shape index (κ2) is 3.07. The van der Waals surface area contributed by atoms with E-state index in [1.165, 1.54) is 11.3 Å². The van der Waals surface area contributed by atoms with Crippen LogP contribution in [-0.4, -0.2) is 16.2 Å². The van der Waals surface area contributed by atoms with E-state index >= 15 is 0 Å². The Kier molecular flexibility index (Phi) is 2.12. The number of hydrogen-bond acceptors (Lipinski definition) is 3. The fraction of sp³-hybridized carbons (Fsp3) is 0.500. The molecular weight excluding hydrogens is 200 g/mol. The van der Waals surface area contributed by atoms with Crippen LogP contribution in [-0.2, 0) is 16.8 Å². The van der Waals surface area contributed by atoms with Gasteiger partial charge in [-0.05, 0) is 34.2 Å². The molecule has 1 aromatic heterocycles. The summed E-state index contributed by atoms with van der Waals surface area (Å²) < 4.78 is 0. The first-order chi connectivity index (χ1) is 6.54. The van der Waals surface area contributed by atoms with Gasteiger partial charge in [-0.1, -0.05) is 6.92 Å². The van der Waals surface area contributed by atoms with Gasteiger partial charge in [-0.3, -0.25) is 4.79 Å². The average Bonchev–Trinajstić information content (AvgIpc) is 2.57. The second-order valence-electron chi connectivity index (χ2n) is 3.91. The average molecular weight is 212 g/mol. The van der Waals surface area contributed by atoms with Gasteiger partial charge in [-0.2, -0.15) is 11.3 Å². The summed E-state index contributed by atoms with van der Waals surface area (Å²) in [6, 6.07) is 0. The van der Waals surface area contributed by atoms with E-state index in [0.29, 0.717) is 0 Å². The Labute approximate surface area is 86.0 Å². The van der Waals surface area contributed by atoms with Gasteiger partial charge in [-0.15, -0.1) is 0 Å². The molecule has 0 fully saturated rings. The molecule has 3 nitrogen and oxygen atoms in total. The number of carbonyl (C=O) groups is 1. The molecule has 1 aromatic rings. The van der Waals surface area contributed by atoms with E-state index in [4.69, 9.17) is 5.11 Å². The summed E-state index contributed by atoms with van der Waals surface area (Å²) in [5.74, 6) is -0.949. The topological polar surface area (TPSA) is 57.5 Å². The van der Waals surface area contributed by atoms with E-state index in [9.17, 15) is 9.90 Å². The van der Waals surface area contributed by atoms with Gasteiger partial charge in [0.1, 0.15) is 5.60 Å². The zero-order valence-corrected chi connectivity index (χ0v) is 8.67. The highest BCUT2D eigenvalue weighted by molar-refractivity contribution is 7.08. The minimum atomic E-state index is -1.15. The van der Waals surface area contributed by atoms with Gasteiger partial charge < -0.3 is 10.2 Å². The summed E-state index contributed by atoms with van der Waals surface area (Å²) in [6.07, 6.45) is 0.584. The minimum absolute atomic E-state index is 0.00278. The van der Waals surface area contributed by atoms with Crippen LogP contribution in [0.2, 0.25) is 0 Å². The zero-order valence-electron chi connectivity index (χ0n) is 7.86. The predicted molar refractivity (Wildman–Crippen MR) is 53.3 cm³/mol. The van der Waals surface area contributed by atoms with Crippen molar-refractivity contribution in [3.63, 3.8) is 0 Å². The maximum absolute atomic E-state index is 10.7. The highest BCUT2D eigenvalue weighted by Crippen LogP contribution is 2.45. The summed E-state index contributed by atoms with van der Waals surface area (Å²) in [5.41, 5.74) is 0.768. The van der Waals surface area contributed by atoms with Crippen LogP contribution in [0.3, 0.4) is 0 Å². The predicted octanol–water partition coefficient (Wildman–Crippen LogP) is 1.60. The first-order valence-electron chi connectivity index (χ1n) is 4.54. The van der Waals surface area contributed by atoms with Gasteiger partial charge >= 0.3 is 5.97 Å². The van der Waals surface area contributed by atoms with Crippen molar-refractivity contribution in [3.8, 4) is 0 Å². The van der Waals surface area contributed by atoms with Crippen LogP contribution in [0.15, 0.2) is 10.8 Å². The summed E-state index contributed by atoms with van der Waals surface area (Å²) in [5, 5.41) is 22.9. The molecule has 0 saturated carbocycles. The van der Waals surface area contributed by atoms with Crippen molar-refractivity contribution in [1.82, 2.24) is 0 Å². The number of carboxylic acid groups (broad SMARTS) is 1. The standard InChI is InChI=1S/C10H12O3S/c1-6-2-7-4-14-5-8(7)10(6,13)3-9(11)12/h4-6,13H,2-3H2,1H3,(H,11,12). The van der Waals surface area contributed by atoms with Crippen molar-refractivity contribution in [2.24, 2.45) is 5.92 Å². The Balaban J connectivity index is 2.39. The summed E-state index contributed by atoms with van der Waals surface area (Å²) in [6.45, 7) is 1.90. The molecule has 2 N–H and O–H groups in total. The maximum atomic E-state index is 10.7. The molecule has 0 aromatic carbocycles. The van der Waals surface area contributed by atoms with Crippen molar-refractivity contribution in [2.45, 2.75) is 25.4 Å². The lowest BCUT2D eigenvalue weighted by atomic mass is 9.86. The van der Waals surface area contributed by atoms with Crippen LogP contribution in [0.4, 0.5) is 0 Å². The number of thiophene rings is 1. The van der Waals surface area contributed by atoms with E-state index in [1.54, 1.807) is 0 Å². The van der Waals surface area contributed by atoms with E-state index < -0.39 is 11.6 Å². The van der Waals surface area contributed by atoms with Crippen molar-refractivity contribution >= 4 is 17.3 Å². The van der Waals surface area contributed by atoms with Gasteiger partial charge in [0.15, 0.2) is 0 Å². The maximum Gasteiger partial charge on any atom is 0.306 e. The molecule has 0 saturated heterocycles. The van der Waals surface area contributed by atoms with Crippen LogP contribution >= 0.6 is 11.3 Å². The van der Waals surface area contributed by atoms with E-state index in [-0.39, 0.29) is 12.3 Å². The summed E-state index contributed by atoms with van der Waals surface area (Å²) in [4.78, 5) is 10.7. The van der Waals surface area contributed by atoms with Gasteiger partial charge in [-0.25, -0.2) is 0 Å². The van der Waals surface area contributed by atoms with E-state index in [2.05, 4.69) is 0 Å². The van der Waals surface area contributed by atoms with Gasteiger partial charge in [0.25, 0.3) is 0 Å². The highest BCUT2D eigenvalue weighted by Gasteiger charge is 2.44. The first kappa shape index (κ1) is 9.68. The summed E-state index contributed by atoms with van der Waals surface area (Å²) in [7, 11) is 0. The third-order valence-electron chi connectivity index (χ3n) is 2.97. The highest BCUT2D eigenvalue weighted by atomic mass is 32.1. The summed E-state index contributed by atoms with van der Waals surface area (Å²) >= 11 is 1.52. The molecule has 2 rings (SSSR count). The van der Waals surface area contributed by atoms with Crippen LogP contribution in [0.5, 0.6) is 0 Å². The Morgan fingerprint density at radius 2 is 2.43 bits per heavy atom. The van der Waals surface area contributed by atoms with Crippen LogP contribution in [0, 0.1) is 5.92 Å². The van der Waals surface area contributed by atoms with Crippen LogP contribution in [0.25, 0.3) is 0 Å². The Hall–Kier alpha value is -0.870. The third kappa shape index (κ3) is 1.26. The molecule has 76 valence electrons. The number of hydrogen-bond donors (Lipinski definition) is 2.